The molecule has 0 heterocycles. The van der Waals surface area contributed by atoms with E-state index in [2.05, 4.69) is 14.6 Å². The third kappa shape index (κ3) is 5.84. The number of esters is 3. The zero-order valence-corrected chi connectivity index (χ0v) is 11.5. The molecule has 0 saturated carbocycles. The van der Waals surface area contributed by atoms with E-state index in [0.717, 1.165) is 14.2 Å². The van der Waals surface area contributed by atoms with Crippen LogP contribution < -0.4 is 0 Å². The lowest BCUT2D eigenvalue weighted by atomic mass is 10.4. The maximum absolute atomic E-state index is 11.4. The van der Waals surface area contributed by atoms with E-state index in [1.807, 2.05) is 0 Å². The molecule has 0 aromatic carbocycles. The number of methoxy groups -OCH3 is 2. The highest BCUT2D eigenvalue weighted by Gasteiger charge is 2.25. The van der Waals surface area contributed by atoms with E-state index in [4.69, 9.17) is 9.57 Å². The zero-order chi connectivity index (χ0) is 15.0. The van der Waals surface area contributed by atoms with Crippen molar-refractivity contribution in [3.05, 3.63) is 0 Å². The summed E-state index contributed by atoms with van der Waals surface area (Å²) >= 11 is 0. The maximum Gasteiger partial charge on any atom is 0.367 e. The second kappa shape index (κ2) is 8.06. The van der Waals surface area contributed by atoms with Crippen LogP contribution in [0.4, 0.5) is 0 Å². The van der Waals surface area contributed by atoms with Crippen molar-refractivity contribution in [3.8, 4) is 0 Å². The molecule has 0 aliphatic carbocycles. The molecule has 0 bridgehead atoms. The number of carbonyl (C=O) groups is 3. The molecule has 108 valence electrons. The molecular formula is C11H17NO7. The zero-order valence-electron chi connectivity index (χ0n) is 11.5. The van der Waals surface area contributed by atoms with Crippen LogP contribution in [0.25, 0.3) is 0 Å². The van der Waals surface area contributed by atoms with Gasteiger partial charge in [0.25, 0.3) is 5.71 Å². The molecule has 0 aliphatic heterocycles. The fraction of sp³-hybridized carbons (Fsp3) is 0.636. The van der Waals surface area contributed by atoms with Gasteiger partial charge in [-0.05, 0) is 20.8 Å². The third-order valence-electron chi connectivity index (χ3n) is 1.74. The van der Waals surface area contributed by atoms with Crippen molar-refractivity contribution in [2.45, 2.75) is 33.0 Å². The Balaban J connectivity index is 4.75. The molecule has 0 saturated heterocycles. The van der Waals surface area contributed by atoms with Crippen LogP contribution in [-0.2, 0) is 33.4 Å². The molecule has 0 aromatic heterocycles. The monoisotopic (exact) mass is 275 g/mol. The summed E-state index contributed by atoms with van der Waals surface area (Å²) in [4.78, 5) is 38.6. The maximum atomic E-state index is 11.4. The van der Waals surface area contributed by atoms with Crippen LogP contribution in [0.1, 0.15) is 20.8 Å². The Hall–Kier alpha value is -2.12. The van der Waals surface area contributed by atoms with Crippen molar-refractivity contribution >= 4 is 23.6 Å². The highest BCUT2D eigenvalue weighted by Crippen LogP contribution is 2.00. The van der Waals surface area contributed by atoms with Gasteiger partial charge in [-0.1, -0.05) is 5.16 Å². The molecule has 8 nitrogen and oxygen atoms in total. The lowest BCUT2D eigenvalue weighted by molar-refractivity contribution is -0.160. The van der Waals surface area contributed by atoms with Gasteiger partial charge in [-0.2, -0.15) is 0 Å². The molecule has 19 heavy (non-hydrogen) atoms. The number of hydrogen-bond acceptors (Lipinski definition) is 8. The van der Waals surface area contributed by atoms with Gasteiger partial charge in [0.05, 0.1) is 20.3 Å². The lowest BCUT2D eigenvalue weighted by Crippen LogP contribution is -2.29. The number of rotatable bonds is 6. The van der Waals surface area contributed by atoms with E-state index in [9.17, 15) is 14.4 Å². The second-order valence-electron chi connectivity index (χ2n) is 3.66. The van der Waals surface area contributed by atoms with E-state index in [-0.39, 0.29) is 6.10 Å². The number of nitrogens with zero attached hydrogens (tertiary/aromatic N) is 1. The van der Waals surface area contributed by atoms with Gasteiger partial charge in [0.15, 0.2) is 0 Å². The smallest absolute Gasteiger partial charge is 0.367 e. The Morgan fingerprint density at radius 2 is 1.42 bits per heavy atom. The molecule has 0 aliphatic rings. The first-order valence-electron chi connectivity index (χ1n) is 5.44. The summed E-state index contributed by atoms with van der Waals surface area (Å²) in [6.45, 7) is 4.70. The number of ether oxygens (including phenoxy) is 3. The minimum absolute atomic E-state index is 0.316. The van der Waals surface area contributed by atoms with Crippen molar-refractivity contribution in [1.82, 2.24) is 0 Å². The topological polar surface area (TPSA) is 100 Å². The lowest BCUT2D eigenvalue weighted by Gasteiger charge is -2.12. The van der Waals surface area contributed by atoms with Gasteiger partial charge < -0.3 is 19.0 Å². The summed E-state index contributed by atoms with van der Waals surface area (Å²) in [5.41, 5.74) is -0.700. The average molecular weight is 275 g/mol. The average Bonchev–Trinajstić information content (AvgIpc) is 2.36. The quantitative estimate of drug-likeness (QED) is 0.222. The van der Waals surface area contributed by atoms with Gasteiger partial charge >= 0.3 is 17.9 Å². The Bertz CT molecular complexity index is 357. The molecule has 1 unspecified atom stereocenters. The number of hydrogen-bond donors (Lipinski definition) is 0. The van der Waals surface area contributed by atoms with Gasteiger partial charge in [0, 0.05) is 0 Å². The Labute approximate surface area is 110 Å². The summed E-state index contributed by atoms with van der Waals surface area (Å²) in [7, 11) is 2.13. The first-order chi connectivity index (χ1) is 8.83. The Kier molecular flexibility index (Phi) is 7.16. The molecular weight excluding hydrogens is 258 g/mol. The SMILES string of the molecule is COC(=O)C(=NOC(C)C(=O)OC(C)C)C(=O)OC. The highest BCUT2D eigenvalue weighted by molar-refractivity contribution is 6.62. The summed E-state index contributed by atoms with van der Waals surface area (Å²) < 4.78 is 13.5. The van der Waals surface area contributed by atoms with E-state index >= 15 is 0 Å². The summed E-state index contributed by atoms with van der Waals surface area (Å²) in [5.74, 6) is -2.74. The standard InChI is InChI=1S/C11H17NO7/c1-6(2)18-9(13)7(3)19-12-8(10(14)16-4)11(15)17-5/h6-7H,1-5H3. The third-order valence-corrected chi connectivity index (χ3v) is 1.74. The summed E-state index contributed by atoms with van der Waals surface area (Å²) in [6, 6.07) is 0. The molecule has 0 rings (SSSR count). The van der Waals surface area contributed by atoms with E-state index in [1.165, 1.54) is 6.92 Å². The molecule has 1 atom stereocenters. The highest BCUT2D eigenvalue weighted by atomic mass is 16.7. The number of carbonyl (C=O) groups excluding carboxylic acids is 3. The van der Waals surface area contributed by atoms with Crippen LogP contribution >= 0.6 is 0 Å². The molecule has 0 spiro atoms. The van der Waals surface area contributed by atoms with E-state index in [0.29, 0.717) is 0 Å². The van der Waals surface area contributed by atoms with Crippen LogP contribution in [0.15, 0.2) is 5.16 Å². The van der Waals surface area contributed by atoms with Gasteiger partial charge in [-0.3, -0.25) is 0 Å². The van der Waals surface area contributed by atoms with Crippen LogP contribution in [0.3, 0.4) is 0 Å². The second-order valence-corrected chi connectivity index (χ2v) is 3.66. The Morgan fingerprint density at radius 1 is 0.947 bits per heavy atom. The van der Waals surface area contributed by atoms with Crippen LogP contribution in [-0.4, -0.2) is 50.0 Å². The van der Waals surface area contributed by atoms with Gasteiger partial charge in [-0.25, -0.2) is 14.4 Å². The molecule has 0 N–H and O–H groups in total. The first kappa shape index (κ1) is 16.9. The van der Waals surface area contributed by atoms with Crippen molar-refractivity contribution < 1.29 is 33.4 Å². The molecule has 0 amide bonds. The predicted molar refractivity (Wildman–Crippen MR) is 63.2 cm³/mol. The predicted octanol–water partition coefficient (Wildman–Crippen LogP) is 0.0451. The minimum Gasteiger partial charge on any atom is -0.464 e. The van der Waals surface area contributed by atoms with Gasteiger partial charge in [-0.15, -0.1) is 0 Å². The van der Waals surface area contributed by atoms with Crippen molar-refractivity contribution in [1.29, 1.82) is 0 Å². The van der Waals surface area contributed by atoms with Gasteiger partial charge in [0.2, 0.25) is 6.10 Å². The molecule has 8 heteroatoms. The van der Waals surface area contributed by atoms with Gasteiger partial charge in [0.1, 0.15) is 0 Å². The van der Waals surface area contributed by atoms with Crippen molar-refractivity contribution in [3.63, 3.8) is 0 Å². The fourth-order valence-electron chi connectivity index (χ4n) is 0.854. The largest absolute Gasteiger partial charge is 0.464 e. The fourth-order valence-corrected chi connectivity index (χ4v) is 0.854. The summed E-state index contributed by atoms with van der Waals surface area (Å²) in [5, 5.41) is 3.26. The molecule has 0 aromatic rings. The summed E-state index contributed by atoms with van der Waals surface area (Å²) in [6.07, 6.45) is -1.39. The van der Waals surface area contributed by atoms with Crippen molar-refractivity contribution in [2.75, 3.05) is 14.2 Å². The minimum atomic E-state index is -1.08. The van der Waals surface area contributed by atoms with E-state index < -0.39 is 29.7 Å². The number of oxime groups is 1. The normalized spacial score (nSPS) is 11.3. The molecule has 0 radical (unpaired) electrons. The van der Waals surface area contributed by atoms with Crippen LogP contribution in [0.5, 0.6) is 0 Å². The Morgan fingerprint density at radius 3 is 1.79 bits per heavy atom. The van der Waals surface area contributed by atoms with Crippen LogP contribution in [0, 0.1) is 0 Å². The van der Waals surface area contributed by atoms with E-state index in [1.54, 1.807) is 13.8 Å². The van der Waals surface area contributed by atoms with Crippen molar-refractivity contribution in [2.24, 2.45) is 5.16 Å². The first-order valence-corrected chi connectivity index (χ1v) is 5.44. The van der Waals surface area contributed by atoms with Crippen LogP contribution in [0.2, 0.25) is 0 Å². The molecule has 0 fully saturated rings.